The summed E-state index contributed by atoms with van der Waals surface area (Å²) in [5.41, 5.74) is 0.213. The van der Waals surface area contributed by atoms with E-state index in [1.807, 2.05) is 0 Å². The van der Waals surface area contributed by atoms with Crippen molar-refractivity contribution in [1.29, 1.82) is 0 Å². The number of methoxy groups -OCH3 is 1. The summed E-state index contributed by atoms with van der Waals surface area (Å²) in [6.07, 6.45) is 1.27. The lowest BCUT2D eigenvalue weighted by molar-refractivity contribution is -0.145. The predicted molar refractivity (Wildman–Crippen MR) is 77.5 cm³/mol. The summed E-state index contributed by atoms with van der Waals surface area (Å²) >= 11 is 0. The smallest absolute Gasteiger partial charge is 0.370 e. The SMILES string of the molecule is COc1ccc([C@@](O)([C@H]2C=CC(=O)O2)P(=O)(OC)OC)cc1. The third-order valence-electron chi connectivity index (χ3n) is 3.46. The molecule has 1 N–H and O–H groups in total. The van der Waals surface area contributed by atoms with Crippen molar-refractivity contribution < 1.29 is 33.0 Å². The maximum Gasteiger partial charge on any atom is 0.370 e. The van der Waals surface area contributed by atoms with E-state index < -0.39 is 25.0 Å². The summed E-state index contributed by atoms with van der Waals surface area (Å²) in [4.78, 5) is 11.3. The van der Waals surface area contributed by atoms with E-state index in [2.05, 4.69) is 0 Å². The van der Waals surface area contributed by atoms with Gasteiger partial charge in [0.25, 0.3) is 0 Å². The number of hydrogen-bond acceptors (Lipinski definition) is 7. The summed E-state index contributed by atoms with van der Waals surface area (Å²) in [5.74, 6) is -0.0922. The Labute approximate surface area is 128 Å². The van der Waals surface area contributed by atoms with Crippen LogP contribution in [0.1, 0.15) is 5.56 Å². The average Bonchev–Trinajstić information content (AvgIpc) is 3.00. The van der Waals surface area contributed by atoms with Gasteiger partial charge in [0, 0.05) is 25.9 Å². The first-order valence-corrected chi connectivity index (χ1v) is 7.93. The minimum absolute atomic E-state index is 0.213. The summed E-state index contributed by atoms with van der Waals surface area (Å²) < 4.78 is 32.8. The van der Waals surface area contributed by atoms with E-state index >= 15 is 0 Å². The number of carbonyl (C=O) groups excluding carboxylic acids is 1. The maximum absolute atomic E-state index is 12.9. The summed E-state index contributed by atoms with van der Waals surface area (Å²) in [5, 5.41) is 8.93. The molecule has 1 heterocycles. The van der Waals surface area contributed by atoms with Crippen molar-refractivity contribution in [1.82, 2.24) is 0 Å². The van der Waals surface area contributed by atoms with Crippen molar-refractivity contribution in [3.63, 3.8) is 0 Å². The Balaban J connectivity index is 2.56. The third kappa shape index (κ3) is 2.57. The van der Waals surface area contributed by atoms with Gasteiger partial charge in [0.1, 0.15) is 5.75 Å². The van der Waals surface area contributed by atoms with Gasteiger partial charge in [-0.25, -0.2) is 4.79 Å². The lowest BCUT2D eigenvalue weighted by Gasteiger charge is -2.36. The lowest BCUT2D eigenvalue weighted by Crippen LogP contribution is -2.40. The molecule has 0 bridgehead atoms. The highest BCUT2D eigenvalue weighted by Crippen LogP contribution is 2.65. The van der Waals surface area contributed by atoms with Crippen LogP contribution in [0.5, 0.6) is 5.75 Å². The van der Waals surface area contributed by atoms with Gasteiger partial charge in [-0.2, -0.15) is 0 Å². The Hall–Kier alpha value is -1.66. The van der Waals surface area contributed by atoms with Crippen LogP contribution in [-0.2, 0) is 28.5 Å². The molecular formula is C14H17O7P. The molecule has 2 atom stereocenters. The molecule has 22 heavy (non-hydrogen) atoms. The van der Waals surface area contributed by atoms with E-state index in [1.54, 1.807) is 12.1 Å². The van der Waals surface area contributed by atoms with Crippen LogP contribution in [0.4, 0.5) is 0 Å². The van der Waals surface area contributed by atoms with Crippen LogP contribution in [-0.4, -0.2) is 38.5 Å². The fourth-order valence-corrected chi connectivity index (χ4v) is 3.87. The van der Waals surface area contributed by atoms with E-state index in [4.69, 9.17) is 18.5 Å². The van der Waals surface area contributed by atoms with E-state index in [9.17, 15) is 14.5 Å². The fourth-order valence-electron chi connectivity index (χ4n) is 2.25. The van der Waals surface area contributed by atoms with Crippen LogP contribution in [0.3, 0.4) is 0 Å². The highest BCUT2D eigenvalue weighted by Gasteiger charge is 2.58. The number of hydrogen-bond donors (Lipinski definition) is 1. The zero-order valence-electron chi connectivity index (χ0n) is 12.4. The Kier molecular flexibility index (Phi) is 4.72. The molecule has 0 saturated heterocycles. The van der Waals surface area contributed by atoms with E-state index in [1.165, 1.54) is 25.3 Å². The Morgan fingerprint density at radius 3 is 2.18 bits per heavy atom. The number of benzene rings is 1. The molecule has 0 amide bonds. The predicted octanol–water partition coefficient (Wildman–Crippen LogP) is 1.81. The molecule has 1 aliphatic rings. The molecule has 8 heteroatoms. The van der Waals surface area contributed by atoms with Crippen LogP contribution < -0.4 is 4.74 Å². The molecule has 0 fully saturated rings. The molecule has 2 rings (SSSR count). The third-order valence-corrected chi connectivity index (χ3v) is 5.77. The molecule has 120 valence electrons. The van der Waals surface area contributed by atoms with Crippen LogP contribution in [0.2, 0.25) is 0 Å². The normalized spacial score (nSPS) is 20.5. The van der Waals surface area contributed by atoms with Gasteiger partial charge in [0.05, 0.1) is 7.11 Å². The molecule has 0 aromatic heterocycles. The minimum atomic E-state index is -4.04. The first kappa shape index (κ1) is 16.7. The van der Waals surface area contributed by atoms with Gasteiger partial charge in [-0.3, -0.25) is 4.57 Å². The van der Waals surface area contributed by atoms with Gasteiger partial charge in [0.15, 0.2) is 6.10 Å². The zero-order valence-corrected chi connectivity index (χ0v) is 13.3. The van der Waals surface area contributed by atoms with E-state index in [-0.39, 0.29) is 5.56 Å². The number of cyclic esters (lactones) is 1. The molecule has 0 radical (unpaired) electrons. The Morgan fingerprint density at radius 1 is 1.18 bits per heavy atom. The number of rotatable bonds is 6. The second kappa shape index (κ2) is 6.22. The second-order valence-electron chi connectivity index (χ2n) is 4.53. The van der Waals surface area contributed by atoms with Gasteiger partial charge >= 0.3 is 13.6 Å². The Morgan fingerprint density at radius 2 is 1.77 bits per heavy atom. The molecule has 1 aromatic rings. The van der Waals surface area contributed by atoms with E-state index in [0.29, 0.717) is 5.75 Å². The second-order valence-corrected chi connectivity index (χ2v) is 6.94. The van der Waals surface area contributed by atoms with Crippen LogP contribution >= 0.6 is 7.60 Å². The Bertz CT molecular complexity index is 617. The van der Waals surface area contributed by atoms with Crippen molar-refractivity contribution in [2.24, 2.45) is 0 Å². The molecule has 0 unspecified atom stereocenters. The first-order chi connectivity index (χ1) is 10.4. The van der Waals surface area contributed by atoms with Crippen molar-refractivity contribution in [2.75, 3.05) is 21.3 Å². The van der Waals surface area contributed by atoms with Gasteiger partial charge in [-0.05, 0) is 18.2 Å². The molecule has 7 nitrogen and oxygen atoms in total. The monoisotopic (exact) mass is 328 g/mol. The van der Waals surface area contributed by atoms with Gasteiger partial charge in [0.2, 0.25) is 5.34 Å². The fraction of sp³-hybridized carbons (Fsp3) is 0.357. The lowest BCUT2D eigenvalue weighted by atomic mass is 10.0. The molecule has 0 spiro atoms. The average molecular weight is 328 g/mol. The van der Waals surface area contributed by atoms with Crippen molar-refractivity contribution >= 4 is 13.6 Å². The summed E-state index contributed by atoms with van der Waals surface area (Å²) in [6, 6.07) is 6.17. The quantitative estimate of drug-likeness (QED) is 0.629. The minimum Gasteiger partial charge on any atom is -0.497 e. The first-order valence-electron chi connectivity index (χ1n) is 6.38. The van der Waals surface area contributed by atoms with Crippen LogP contribution in [0, 0.1) is 0 Å². The molecular weight excluding hydrogens is 311 g/mol. The molecule has 1 aliphatic heterocycles. The van der Waals surface area contributed by atoms with Crippen molar-refractivity contribution in [3.8, 4) is 5.75 Å². The molecule has 0 aliphatic carbocycles. The number of esters is 1. The van der Waals surface area contributed by atoms with Crippen LogP contribution in [0.25, 0.3) is 0 Å². The highest BCUT2D eigenvalue weighted by molar-refractivity contribution is 7.55. The van der Waals surface area contributed by atoms with E-state index in [0.717, 1.165) is 20.3 Å². The van der Waals surface area contributed by atoms with Gasteiger partial charge in [-0.1, -0.05) is 12.1 Å². The molecule has 1 aromatic carbocycles. The number of aliphatic hydroxyl groups is 1. The van der Waals surface area contributed by atoms with Crippen molar-refractivity contribution in [3.05, 3.63) is 42.0 Å². The topological polar surface area (TPSA) is 91.3 Å². The van der Waals surface area contributed by atoms with Crippen LogP contribution in [0.15, 0.2) is 36.4 Å². The molecule has 0 saturated carbocycles. The largest absolute Gasteiger partial charge is 0.497 e. The summed E-state index contributed by atoms with van der Waals surface area (Å²) in [6.45, 7) is 0. The van der Waals surface area contributed by atoms with Gasteiger partial charge < -0.3 is 23.6 Å². The zero-order chi connectivity index (χ0) is 16.4. The standard InChI is InChI=1S/C14H17O7P/c1-18-11-6-4-10(5-7-11)14(16,22(17,19-2)20-3)12-8-9-13(15)21-12/h4-9,12,16H,1-3H3/t12-,14+/m1/s1. The van der Waals surface area contributed by atoms with Crippen molar-refractivity contribution in [2.45, 2.75) is 11.4 Å². The number of carbonyl (C=O) groups is 1. The summed E-state index contributed by atoms with van der Waals surface area (Å²) in [7, 11) is -0.236. The highest BCUT2D eigenvalue weighted by atomic mass is 31.2. The number of ether oxygens (including phenoxy) is 2. The van der Waals surface area contributed by atoms with Gasteiger partial charge in [-0.15, -0.1) is 0 Å². The maximum atomic E-state index is 12.9.